The summed E-state index contributed by atoms with van der Waals surface area (Å²) in [6, 6.07) is 3.80. The molecule has 0 atom stereocenters. The summed E-state index contributed by atoms with van der Waals surface area (Å²) in [5, 5.41) is 3.86. The van der Waals surface area contributed by atoms with E-state index in [1.807, 2.05) is 12.1 Å². The standard InChI is InChI=1S/C10H11FN2/c1-7(2)8-3-4-13-10(5-8)9(11)6-12-13/h3-7H,1-2H3. The molecule has 68 valence electrons. The molecule has 0 saturated carbocycles. The van der Waals surface area contributed by atoms with Crippen molar-refractivity contribution in [2.75, 3.05) is 0 Å². The number of pyridine rings is 1. The molecular weight excluding hydrogens is 167 g/mol. The second-order valence-electron chi connectivity index (χ2n) is 3.44. The van der Waals surface area contributed by atoms with Gasteiger partial charge in [-0.3, -0.25) is 0 Å². The smallest absolute Gasteiger partial charge is 0.168 e. The van der Waals surface area contributed by atoms with Gasteiger partial charge in [0, 0.05) is 6.20 Å². The van der Waals surface area contributed by atoms with E-state index in [1.165, 1.54) is 6.20 Å². The Kier molecular flexibility index (Phi) is 1.79. The topological polar surface area (TPSA) is 17.3 Å². The maximum atomic E-state index is 13.1. The van der Waals surface area contributed by atoms with E-state index >= 15 is 0 Å². The van der Waals surface area contributed by atoms with Crippen LogP contribution in [0.1, 0.15) is 25.3 Å². The number of nitrogens with zero attached hydrogens (tertiary/aromatic N) is 2. The van der Waals surface area contributed by atoms with E-state index in [-0.39, 0.29) is 5.82 Å². The average Bonchev–Trinajstić information content (AvgIpc) is 2.47. The normalized spacial score (nSPS) is 11.4. The third-order valence-electron chi connectivity index (χ3n) is 2.17. The van der Waals surface area contributed by atoms with Gasteiger partial charge in [-0.15, -0.1) is 0 Å². The lowest BCUT2D eigenvalue weighted by molar-refractivity contribution is 0.638. The van der Waals surface area contributed by atoms with E-state index < -0.39 is 0 Å². The minimum absolute atomic E-state index is 0.262. The zero-order valence-electron chi connectivity index (χ0n) is 7.66. The Bertz CT molecular complexity index is 431. The molecule has 0 bridgehead atoms. The Balaban J connectivity index is 2.66. The molecule has 2 aromatic rings. The molecule has 0 aromatic carbocycles. The van der Waals surface area contributed by atoms with Gasteiger partial charge in [-0.25, -0.2) is 8.91 Å². The highest BCUT2D eigenvalue weighted by molar-refractivity contribution is 5.49. The van der Waals surface area contributed by atoms with Crippen LogP contribution in [0, 0.1) is 5.82 Å². The van der Waals surface area contributed by atoms with Crippen molar-refractivity contribution in [3.05, 3.63) is 35.9 Å². The van der Waals surface area contributed by atoms with E-state index in [9.17, 15) is 4.39 Å². The van der Waals surface area contributed by atoms with Crippen LogP contribution in [0.4, 0.5) is 4.39 Å². The quantitative estimate of drug-likeness (QED) is 0.656. The van der Waals surface area contributed by atoms with E-state index in [0.29, 0.717) is 11.4 Å². The SMILES string of the molecule is CC(C)c1ccn2ncc(F)c2c1. The van der Waals surface area contributed by atoms with E-state index in [1.54, 1.807) is 10.7 Å². The van der Waals surface area contributed by atoms with Crippen molar-refractivity contribution in [3.63, 3.8) is 0 Å². The largest absolute Gasteiger partial charge is 0.238 e. The van der Waals surface area contributed by atoms with Gasteiger partial charge in [0.25, 0.3) is 0 Å². The van der Waals surface area contributed by atoms with Gasteiger partial charge >= 0.3 is 0 Å². The van der Waals surface area contributed by atoms with E-state index in [0.717, 1.165) is 5.56 Å². The van der Waals surface area contributed by atoms with Crippen molar-refractivity contribution in [1.82, 2.24) is 9.61 Å². The van der Waals surface area contributed by atoms with E-state index in [2.05, 4.69) is 18.9 Å². The molecule has 3 heteroatoms. The van der Waals surface area contributed by atoms with Crippen molar-refractivity contribution in [2.24, 2.45) is 0 Å². The fraction of sp³-hybridized carbons (Fsp3) is 0.300. The summed E-state index contributed by atoms with van der Waals surface area (Å²) in [5.41, 5.74) is 1.68. The summed E-state index contributed by atoms with van der Waals surface area (Å²) in [5.74, 6) is 0.154. The second-order valence-corrected chi connectivity index (χ2v) is 3.44. The molecule has 0 amide bonds. The molecule has 0 aliphatic heterocycles. The monoisotopic (exact) mass is 178 g/mol. The Hall–Kier alpha value is -1.38. The first kappa shape index (κ1) is 8.23. The van der Waals surface area contributed by atoms with Gasteiger partial charge in [-0.1, -0.05) is 13.8 Å². The van der Waals surface area contributed by atoms with Gasteiger partial charge in [0.1, 0.15) is 5.52 Å². The average molecular weight is 178 g/mol. The van der Waals surface area contributed by atoms with Crippen LogP contribution in [-0.2, 0) is 0 Å². The Morgan fingerprint density at radius 3 is 2.92 bits per heavy atom. The fourth-order valence-electron chi connectivity index (χ4n) is 1.33. The van der Waals surface area contributed by atoms with Crippen LogP contribution in [0.2, 0.25) is 0 Å². The minimum Gasteiger partial charge on any atom is -0.238 e. The lowest BCUT2D eigenvalue weighted by Gasteiger charge is -2.04. The first-order chi connectivity index (χ1) is 6.18. The van der Waals surface area contributed by atoms with Gasteiger partial charge in [0.05, 0.1) is 6.20 Å². The third-order valence-corrected chi connectivity index (χ3v) is 2.17. The summed E-state index contributed by atoms with van der Waals surface area (Å²) in [6.07, 6.45) is 3.02. The zero-order valence-corrected chi connectivity index (χ0v) is 7.66. The van der Waals surface area contributed by atoms with Gasteiger partial charge in [0.15, 0.2) is 5.82 Å². The molecular formula is C10H11FN2. The Labute approximate surface area is 76.0 Å². The molecule has 0 N–H and O–H groups in total. The number of hydrogen-bond acceptors (Lipinski definition) is 1. The van der Waals surface area contributed by atoms with Crippen molar-refractivity contribution < 1.29 is 4.39 Å². The van der Waals surface area contributed by atoms with Gasteiger partial charge in [-0.2, -0.15) is 5.10 Å². The van der Waals surface area contributed by atoms with Gasteiger partial charge in [0.2, 0.25) is 0 Å². The molecule has 2 nitrogen and oxygen atoms in total. The van der Waals surface area contributed by atoms with Crippen LogP contribution in [0.15, 0.2) is 24.5 Å². The lowest BCUT2D eigenvalue weighted by atomic mass is 10.0. The maximum absolute atomic E-state index is 13.1. The Morgan fingerprint density at radius 1 is 1.46 bits per heavy atom. The van der Waals surface area contributed by atoms with Gasteiger partial charge < -0.3 is 0 Å². The number of rotatable bonds is 1. The summed E-state index contributed by atoms with van der Waals surface area (Å²) >= 11 is 0. The highest BCUT2D eigenvalue weighted by atomic mass is 19.1. The number of hydrogen-bond donors (Lipinski definition) is 0. The maximum Gasteiger partial charge on any atom is 0.168 e. The van der Waals surface area contributed by atoms with Crippen LogP contribution in [0.5, 0.6) is 0 Å². The number of aromatic nitrogens is 2. The van der Waals surface area contributed by atoms with Crippen LogP contribution in [-0.4, -0.2) is 9.61 Å². The minimum atomic E-state index is -0.262. The van der Waals surface area contributed by atoms with Crippen LogP contribution in [0.3, 0.4) is 0 Å². The fourth-order valence-corrected chi connectivity index (χ4v) is 1.33. The highest BCUT2D eigenvalue weighted by Crippen LogP contribution is 2.17. The molecule has 0 aliphatic rings. The highest BCUT2D eigenvalue weighted by Gasteiger charge is 2.05. The molecule has 0 radical (unpaired) electrons. The summed E-state index contributed by atoms with van der Waals surface area (Å²) in [6.45, 7) is 4.17. The molecule has 2 rings (SSSR count). The Morgan fingerprint density at radius 2 is 2.23 bits per heavy atom. The zero-order chi connectivity index (χ0) is 9.42. The molecule has 0 unspecified atom stereocenters. The predicted molar refractivity (Wildman–Crippen MR) is 49.2 cm³/mol. The van der Waals surface area contributed by atoms with Crippen LogP contribution < -0.4 is 0 Å². The van der Waals surface area contributed by atoms with Crippen molar-refractivity contribution in [3.8, 4) is 0 Å². The van der Waals surface area contributed by atoms with Crippen molar-refractivity contribution in [2.45, 2.75) is 19.8 Å². The molecule has 0 spiro atoms. The van der Waals surface area contributed by atoms with Crippen LogP contribution in [0.25, 0.3) is 5.52 Å². The summed E-state index contributed by atoms with van der Waals surface area (Å²) in [4.78, 5) is 0. The van der Waals surface area contributed by atoms with Crippen molar-refractivity contribution in [1.29, 1.82) is 0 Å². The first-order valence-corrected chi connectivity index (χ1v) is 4.31. The molecule has 0 fully saturated rings. The second kappa shape index (κ2) is 2.83. The molecule has 2 aromatic heterocycles. The molecule has 0 aliphatic carbocycles. The van der Waals surface area contributed by atoms with Gasteiger partial charge in [-0.05, 0) is 23.6 Å². The lowest BCUT2D eigenvalue weighted by Crippen LogP contribution is -1.91. The third kappa shape index (κ3) is 1.30. The van der Waals surface area contributed by atoms with E-state index in [4.69, 9.17) is 0 Å². The molecule has 2 heterocycles. The summed E-state index contributed by atoms with van der Waals surface area (Å²) < 4.78 is 14.6. The molecule has 13 heavy (non-hydrogen) atoms. The first-order valence-electron chi connectivity index (χ1n) is 4.31. The predicted octanol–water partition coefficient (Wildman–Crippen LogP) is 2.60. The summed E-state index contributed by atoms with van der Waals surface area (Å²) in [7, 11) is 0. The number of fused-ring (bicyclic) bond motifs is 1. The molecule has 0 saturated heterocycles. The number of halogens is 1. The van der Waals surface area contributed by atoms with Crippen LogP contribution >= 0.6 is 0 Å². The van der Waals surface area contributed by atoms with Crippen molar-refractivity contribution >= 4 is 5.52 Å².